The lowest BCUT2D eigenvalue weighted by molar-refractivity contribution is -0.145. The average Bonchev–Trinajstić information content (AvgIpc) is 2.34. The van der Waals surface area contributed by atoms with Crippen molar-refractivity contribution in [1.82, 2.24) is 0 Å². The van der Waals surface area contributed by atoms with Crippen LogP contribution in [0.2, 0.25) is 0 Å². The van der Waals surface area contributed by atoms with E-state index in [2.05, 4.69) is 36.9 Å². The van der Waals surface area contributed by atoms with Crippen LogP contribution in [0.1, 0.15) is 24.5 Å². The minimum Gasteiger partial charge on any atom is -0.469 e. The first-order valence-electron chi connectivity index (χ1n) is 6.35. The van der Waals surface area contributed by atoms with E-state index in [0.717, 1.165) is 6.42 Å². The van der Waals surface area contributed by atoms with E-state index in [1.54, 1.807) is 0 Å². The molecule has 0 saturated heterocycles. The van der Waals surface area contributed by atoms with Crippen molar-refractivity contribution in [1.29, 1.82) is 0 Å². The number of nitrogens with zero attached hydrogens (tertiary/aromatic N) is 1. The zero-order chi connectivity index (χ0) is 13.7. The van der Waals surface area contributed by atoms with E-state index in [1.165, 1.54) is 23.9 Å². The third kappa shape index (κ3) is 3.49. The lowest BCUT2D eigenvalue weighted by Gasteiger charge is -2.25. The van der Waals surface area contributed by atoms with E-state index >= 15 is 0 Å². The number of methoxy groups -OCH3 is 1. The van der Waals surface area contributed by atoms with Gasteiger partial charge in [0.1, 0.15) is 0 Å². The maximum Gasteiger partial charge on any atom is 0.310 e. The molecular weight excluding hydrogens is 226 g/mol. The number of esters is 1. The lowest BCUT2D eigenvalue weighted by Crippen LogP contribution is -2.31. The van der Waals surface area contributed by atoms with Gasteiger partial charge >= 0.3 is 5.97 Å². The van der Waals surface area contributed by atoms with Gasteiger partial charge in [-0.25, -0.2) is 0 Å². The molecule has 0 radical (unpaired) electrons. The third-order valence-electron chi connectivity index (χ3n) is 3.29. The van der Waals surface area contributed by atoms with Crippen molar-refractivity contribution < 1.29 is 9.53 Å². The summed E-state index contributed by atoms with van der Waals surface area (Å²) in [6, 6.07) is 6.36. The molecule has 100 valence electrons. The molecule has 1 unspecified atom stereocenters. The quantitative estimate of drug-likeness (QED) is 0.751. The molecule has 0 heterocycles. The van der Waals surface area contributed by atoms with Gasteiger partial charge in [0.05, 0.1) is 13.0 Å². The molecule has 1 aromatic rings. The molecule has 1 rings (SSSR count). The second-order valence-corrected chi connectivity index (χ2v) is 4.80. The van der Waals surface area contributed by atoms with Crippen LogP contribution in [0.5, 0.6) is 0 Å². The highest BCUT2D eigenvalue weighted by Crippen LogP contribution is 2.21. The summed E-state index contributed by atoms with van der Waals surface area (Å²) in [6.07, 6.45) is 0.794. The molecule has 0 N–H and O–H groups in total. The van der Waals surface area contributed by atoms with Crippen molar-refractivity contribution in [2.45, 2.75) is 27.2 Å². The molecule has 0 aliphatic carbocycles. The molecule has 18 heavy (non-hydrogen) atoms. The van der Waals surface area contributed by atoms with Crippen LogP contribution in [0.3, 0.4) is 0 Å². The van der Waals surface area contributed by atoms with Crippen LogP contribution in [-0.2, 0) is 9.53 Å². The van der Waals surface area contributed by atoms with Crippen molar-refractivity contribution in [3.05, 3.63) is 29.3 Å². The molecule has 0 aromatic heterocycles. The number of ether oxygens (including phenoxy) is 1. The number of benzene rings is 1. The van der Waals surface area contributed by atoms with Gasteiger partial charge in [-0.15, -0.1) is 0 Å². The summed E-state index contributed by atoms with van der Waals surface area (Å²) < 4.78 is 4.82. The topological polar surface area (TPSA) is 29.5 Å². The summed E-state index contributed by atoms with van der Waals surface area (Å²) in [5.74, 6) is -0.199. The third-order valence-corrected chi connectivity index (χ3v) is 3.29. The number of hydrogen-bond donors (Lipinski definition) is 0. The van der Waals surface area contributed by atoms with Crippen LogP contribution in [0.25, 0.3) is 0 Å². The highest BCUT2D eigenvalue weighted by Gasteiger charge is 2.19. The van der Waals surface area contributed by atoms with Crippen LogP contribution >= 0.6 is 0 Å². The summed E-state index contributed by atoms with van der Waals surface area (Å²) in [5, 5.41) is 0. The van der Waals surface area contributed by atoms with Crippen molar-refractivity contribution >= 4 is 11.7 Å². The van der Waals surface area contributed by atoms with Gasteiger partial charge in [-0.2, -0.15) is 0 Å². The van der Waals surface area contributed by atoms with E-state index in [1.807, 2.05) is 14.0 Å². The SMILES string of the molecule is CCC(CN(C)c1ccc(C)cc1C)C(=O)OC. The zero-order valence-electron chi connectivity index (χ0n) is 12.0. The van der Waals surface area contributed by atoms with Crippen molar-refractivity contribution in [2.24, 2.45) is 5.92 Å². The lowest BCUT2D eigenvalue weighted by atomic mass is 10.0. The highest BCUT2D eigenvalue weighted by atomic mass is 16.5. The molecule has 0 fully saturated rings. The molecule has 1 atom stereocenters. The Labute approximate surface area is 110 Å². The molecule has 0 spiro atoms. The first-order valence-corrected chi connectivity index (χ1v) is 6.35. The largest absolute Gasteiger partial charge is 0.469 e. The van der Waals surface area contributed by atoms with Crippen LogP contribution in [0.4, 0.5) is 5.69 Å². The monoisotopic (exact) mass is 249 g/mol. The van der Waals surface area contributed by atoms with E-state index in [-0.39, 0.29) is 11.9 Å². The Kier molecular flexibility index (Phi) is 5.20. The first-order chi connectivity index (χ1) is 8.49. The molecule has 1 aromatic carbocycles. The van der Waals surface area contributed by atoms with Gasteiger partial charge in [-0.3, -0.25) is 4.79 Å². The van der Waals surface area contributed by atoms with Gasteiger partial charge in [-0.05, 0) is 31.9 Å². The fourth-order valence-electron chi connectivity index (χ4n) is 2.20. The van der Waals surface area contributed by atoms with Crippen LogP contribution in [-0.4, -0.2) is 26.7 Å². The maximum atomic E-state index is 11.6. The van der Waals surface area contributed by atoms with E-state index < -0.39 is 0 Å². The Balaban J connectivity index is 2.80. The predicted octanol–water partition coefficient (Wildman–Crippen LogP) is 2.94. The second kappa shape index (κ2) is 6.43. The van der Waals surface area contributed by atoms with Crippen molar-refractivity contribution in [3.63, 3.8) is 0 Å². The Bertz CT molecular complexity index is 415. The molecule has 0 aliphatic heterocycles. The van der Waals surface area contributed by atoms with Gasteiger partial charge in [0.15, 0.2) is 0 Å². The molecule has 0 amide bonds. The fourth-order valence-corrected chi connectivity index (χ4v) is 2.20. The summed E-state index contributed by atoms with van der Waals surface area (Å²) >= 11 is 0. The predicted molar refractivity (Wildman–Crippen MR) is 75.0 cm³/mol. The Morgan fingerprint density at radius 3 is 2.56 bits per heavy atom. The molecule has 3 nitrogen and oxygen atoms in total. The Morgan fingerprint density at radius 1 is 1.39 bits per heavy atom. The smallest absolute Gasteiger partial charge is 0.310 e. The second-order valence-electron chi connectivity index (χ2n) is 4.80. The van der Waals surface area contributed by atoms with Crippen LogP contribution < -0.4 is 4.90 Å². The van der Waals surface area contributed by atoms with Crippen LogP contribution in [0.15, 0.2) is 18.2 Å². The van der Waals surface area contributed by atoms with Crippen LogP contribution in [0, 0.1) is 19.8 Å². The number of anilines is 1. The van der Waals surface area contributed by atoms with E-state index in [4.69, 9.17) is 4.74 Å². The van der Waals surface area contributed by atoms with Gasteiger partial charge in [0.2, 0.25) is 0 Å². The number of hydrogen-bond acceptors (Lipinski definition) is 3. The minimum atomic E-state index is -0.130. The molecule has 0 aliphatic rings. The summed E-state index contributed by atoms with van der Waals surface area (Å²) in [6.45, 7) is 6.88. The Morgan fingerprint density at radius 2 is 2.06 bits per heavy atom. The highest BCUT2D eigenvalue weighted by molar-refractivity contribution is 5.73. The van der Waals surface area contributed by atoms with Gasteiger partial charge in [0.25, 0.3) is 0 Å². The van der Waals surface area contributed by atoms with E-state index in [9.17, 15) is 4.79 Å². The molecule has 0 bridgehead atoms. The zero-order valence-corrected chi connectivity index (χ0v) is 12.0. The van der Waals surface area contributed by atoms with Crippen molar-refractivity contribution in [3.8, 4) is 0 Å². The summed E-state index contributed by atoms with van der Waals surface area (Å²) in [7, 11) is 3.46. The average molecular weight is 249 g/mol. The maximum absolute atomic E-state index is 11.6. The first kappa shape index (κ1) is 14.6. The van der Waals surface area contributed by atoms with Crippen molar-refractivity contribution in [2.75, 3.05) is 25.6 Å². The standard InChI is InChI=1S/C15H23NO2/c1-6-13(15(17)18-5)10-16(4)14-8-7-11(2)9-12(14)3/h7-9,13H,6,10H2,1-5H3. The van der Waals surface area contributed by atoms with Gasteiger partial charge in [0, 0.05) is 19.3 Å². The van der Waals surface area contributed by atoms with Gasteiger partial charge in [-0.1, -0.05) is 24.6 Å². The number of aryl methyl sites for hydroxylation is 2. The number of rotatable bonds is 5. The minimum absolute atomic E-state index is 0.0688. The number of carbonyl (C=O) groups is 1. The normalized spacial score (nSPS) is 12.1. The molecule has 3 heteroatoms. The molecular formula is C15H23NO2. The molecule has 0 saturated carbocycles. The fraction of sp³-hybridized carbons (Fsp3) is 0.533. The van der Waals surface area contributed by atoms with Gasteiger partial charge < -0.3 is 9.64 Å². The summed E-state index contributed by atoms with van der Waals surface area (Å²) in [4.78, 5) is 13.7. The number of carbonyl (C=O) groups excluding carboxylic acids is 1. The van der Waals surface area contributed by atoms with E-state index in [0.29, 0.717) is 6.54 Å². The Hall–Kier alpha value is -1.51. The summed E-state index contributed by atoms with van der Waals surface area (Å²) in [5.41, 5.74) is 3.66.